The van der Waals surface area contributed by atoms with Crippen molar-refractivity contribution in [3.63, 3.8) is 0 Å². The zero-order valence-electron chi connectivity index (χ0n) is 6.18. The Kier molecular flexibility index (Phi) is 0.908. The third-order valence-electron chi connectivity index (χ3n) is 1.83. The molecule has 6 nitrogen and oxygen atoms in total. The molecule has 1 unspecified atom stereocenters. The molecular formula is C5H5N2O4P. The molecule has 0 spiro atoms. The van der Waals surface area contributed by atoms with Gasteiger partial charge in [-0.15, -0.1) is 5.10 Å². The van der Waals surface area contributed by atoms with Gasteiger partial charge >= 0.3 is 7.82 Å². The Morgan fingerprint density at radius 3 is 3.33 bits per heavy atom. The molecule has 2 aliphatic heterocycles. The maximum absolute atomic E-state index is 11.4. The highest BCUT2D eigenvalue weighted by atomic mass is 31.2. The van der Waals surface area contributed by atoms with Crippen LogP contribution in [0.1, 0.15) is 11.4 Å². The summed E-state index contributed by atoms with van der Waals surface area (Å²) in [6.45, 7) is 1.97. The Labute approximate surface area is 67.6 Å². The highest BCUT2D eigenvalue weighted by Crippen LogP contribution is 2.55. The smallest absolute Gasteiger partial charge is 0.390 e. The topological polar surface area (TPSA) is 62.6 Å². The predicted molar refractivity (Wildman–Crippen MR) is 36.6 cm³/mol. The molecule has 0 saturated heterocycles. The average Bonchev–Trinajstić information content (AvgIpc) is 2.25. The Morgan fingerprint density at radius 2 is 2.50 bits per heavy atom. The Balaban J connectivity index is 2.35. The maximum atomic E-state index is 11.4. The number of rotatable bonds is 0. The van der Waals surface area contributed by atoms with E-state index >= 15 is 0 Å². The molecule has 2 aliphatic rings. The molecule has 3 rings (SSSR count). The van der Waals surface area contributed by atoms with Gasteiger partial charge in [-0.25, -0.2) is 4.57 Å². The van der Waals surface area contributed by atoms with Gasteiger partial charge in [-0.1, -0.05) is 4.85 Å². The molecule has 0 N–H and O–H groups in total. The first-order chi connectivity index (χ1) is 5.68. The molecule has 7 heteroatoms. The summed E-state index contributed by atoms with van der Waals surface area (Å²) in [6.07, 6.45) is 0. The maximum Gasteiger partial charge on any atom is 0.608 e. The lowest BCUT2D eigenvalue weighted by atomic mass is 10.3. The van der Waals surface area contributed by atoms with Crippen LogP contribution in [-0.2, 0) is 15.7 Å². The van der Waals surface area contributed by atoms with Gasteiger partial charge in [0.25, 0.3) is 0 Å². The second kappa shape index (κ2) is 1.67. The normalized spacial score (nSPS) is 29.8. The summed E-state index contributed by atoms with van der Waals surface area (Å²) >= 11 is 0. The third-order valence-corrected chi connectivity index (χ3v) is 3.04. The van der Waals surface area contributed by atoms with Crippen LogP contribution < -0.4 is 9.15 Å². The van der Waals surface area contributed by atoms with E-state index in [0.29, 0.717) is 11.4 Å². The number of fused-ring (bicyclic) bond motifs is 2. The van der Waals surface area contributed by atoms with Gasteiger partial charge in [-0.05, 0) is 6.92 Å². The molecule has 0 fully saturated rings. The zero-order chi connectivity index (χ0) is 8.34. The van der Waals surface area contributed by atoms with Gasteiger partial charge in [0, 0.05) is 0 Å². The van der Waals surface area contributed by atoms with Gasteiger partial charge < -0.3 is 4.52 Å². The summed E-state index contributed by atoms with van der Waals surface area (Å²) in [4.78, 5) is 1.20. The van der Waals surface area contributed by atoms with Crippen LogP contribution in [0.4, 0.5) is 0 Å². The Bertz CT molecular complexity index is 412. The van der Waals surface area contributed by atoms with E-state index in [2.05, 4.69) is 5.10 Å². The van der Waals surface area contributed by atoms with E-state index in [1.165, 1.54) is 4.85 Å². The van der Waals surface area contributed by atoms with E-state index in [1.54, 1.807) is 6.92 Å². The van der Waals surface area contributed by atoms with Crippen molar-refractivity contribution >= 4 is 7.82 Å². The highest BCUT2D eigenvalue weighted by molar-refractivity contribution is 7.49. The second-order valence-corrected chi connectivity index (χ2v) is 4.13. The number of nitrogens with zero attached hydrogens (tertiary/aromatic N) is 2. The SMILES string of the molecule is Cc1c2c3nn1OP(=O)(OC3)O2. The van der Waals surface area contributed by atoms with Gasteiger partial charge in [-0.3, -0.25) is 9.15 Å². The number of phosphoric acid groups is 1. The van der Waals surface area contributed by atoms with Crippen LogP contribution in [0.15, 0.2) is 0 Å². The van der Waals surface area contributed by atoms with Crippen LogP contribution >= 0.6 is 7.82 Å². The molecule has 12 heavy (non-hydrogen) atoms. The summed E-state index contributed by atoms with van der Waals surface area (Å²) < 4.78 is 26.1. The Hall–Kier alpha value is -1.00. The average molecular weight is 188 g/mol. The summed E-state index contributed by atoms with van der Waals surface area (Å²) in [5.74, 6) is 0.538. The van der Waals surface area contributed by atoms with Gasteiger partial charge in [0.15, 0.2) is 5.75 Å². The minimum absolute atomic E-state index is 0.195. The van der Waals surface area contributed by atoms with Crippen LogP contribution in [0, 0.1) is 6.92 Å². The summed E-state index contributed by atoms with van der Waals surface area (Å²) in [7, 11) is -3.36. The van der Waals surface area contributed by atoms with Crippen LogP contribution in [-0.4, -0.2) is 9.94 Å². The highest BCUT2D eigenvalue weighted by Gasteiger charge is 2.45. The lowest BCUT2D eigenvalue weighted by Gasteiger charge is -2.23. The molecule has 0 saturated carbocycles. The van der Waals surface area contributed by atoms with E-state index in [-0.39, 0.29) is 6.61 Å². The molecule has 64 valence electrons. The molecule has 0 amide bonds. The van der Waals surface area contributed by atoms with Crippen molar-refractivity contribution in [1.82, 2.24) is 9.94 Å². The number of aromatic nitrogens is 2. The van der Waals surface area contributed by atoms with E-state index in [1.807, 2.05) is 0 Å². The van der Waals surface area contributed by atoms with Crippen LogP contribution in [0.25, 0.3) is 0 Å². The fraction of sp³-hybridized carbons (Fsp3) is 0.400. The molecule has 0 radical (unpaired) electrons. The van der Waals surface area contributed by atoms with Gasteiger partial charge in [0.05, 0.1) is 0 Å². The predicted octanol–water partition coefficient (Wildman–Crippen LogP) is 0.651. The summed E-state index contributed by atoms with van der Waals surface area (Å²) in [6, 6.07) is 0. The van der Waals surface area contributed by atoms with E-state index < -0.39 is 7.82 Å². The standard InChI is InChI=1S/C5H5N2O4P/c1-3-5-4-2-9-12(8,10-5)11-7(3)6-4/h2H2,1H3. The van der Waals surface area contributed by atoms with Crippen molar-refractivity contribution in [3.05, 3.63) is 11.4 Å². The monoisotopic (exact) mass is 188 g/mol. The van der Waals surface area contributed by atoms with Crippen LogP contribution in [0.3, 0.4) is 0 Å². The van der Waals surface area contributed by atoms with E-state index in [0.717, 1.165) is 5.69 Å². The molecule has 3 bridgehead atoms. The first kappa shape index (κ1) is 6.51. The Morgan fingerprint density at radius 1 is 1.67 bits per heavy atom. The molecule has 1 aromatic heterocycles. The number of phosphoric ester groups is 1. The van der Waals surface area contributed by atoms with Crippen molar-refractivity contribution in [3.8, 4) is 5.75 Å². The zero-order valence-corrected chi connectivity index (χ0v) is 7.08. The lowest BCUT2D eigenvalue weighted by molar-refractivity contribution is 0.112. The van der Waals surface area contributed by atoms with E-state index in [9.17, 15) is 4.57 Å². The summed E-state index contributed by atoms with van der Waals surface area (Å²) in [5, 5.41) is 3.97. The molecular weight excluding hydrogens is 183 g/mol. The first-order valence-electron chi connectivity index (χ1n) is 3.41. The lowest BCUT2D eigenvalue weighted by Crippen LogP contribution is -2.20. The fourth-order valence-corrected chi connectivity index (χ4v) is 2.45. The third kappa shape index (κ3) is 0.599. The molecule has 0 aliphatic carbocycles. The van der Waals surface area contributed by atoms with Crippen LogP contribution in [0.2, 0.25) is 0 Å². The summed E-state index contributed by atoms with van der Waals surface area (Å²) in [5.41, 5.74) is 1.36. The van der Waals surface area contributed by atoms with Gasteiger partial charge in [0.1, 0.15) is 18.0 Å². The minimum atomic E-state index is -3.36. The largest absolute Gasteiger partial charge is 0.608 e. The molecule has 1 atom stereocenters. The van der Waals surface area contributed by atoms with Crippen molar-refractivity contribution in [1.29, 1.82) is 0 Å². The number of hydrogen-bond acceptors (Lipinski definition) is 5. The van der Waals surface area contributed by atoms with Crippen LogP contribution in [0.5, 0.6) is 5.75 Å². The molecule has 0 aromatic carbocycles. The van der Waals surface area contributed by atoms with Crippen molar-refractivity contribution in [2.24, 2.45) is 0 Å². The van der Waals surface area contributed by atoms with Crippen molar-refractivity contribution in [2.45, 2.75) is 13.5 Å². The van der Waals surface area contributed by atoms with E-state index in [4.69, 9.17) is 13.7 Å². The second-order valence-electron chi connectivity index (χ2n) is 2.63. The first-order valence-corrected chi connectivity index (χ1v) is 4.87. The van der Waals surface area contributed by atoms with Crippen molar-refractivity contribution < 1.29 is 18.2 Å². The van der Waals surface area contributed by atoms with Crippen molar-refractivity contribution in [2.75, 3.05) is 0 Å². The minimum Gasteiger partial charge on any atom is -0.390 e. The molecule has 1 aromatic rings. The van der Waals surface area contributed by atoms with Gasteiger partial charge in [-0.2, -0.15) is 0 Å². The quantitative estimate of drug-likeness (QED) is 0.559. The fourth-order valence-electron chi connectivity index (χ4n) is 1.23. The van der Waals surface area contributed by atoms with Gasteiger partial charge in [0.2, 0.25) is 0 Å². The molecule has 3 heterocycles. The number of hydrogen-bond donors (Lipinski definition) is 0.